The summed E-state index contributed by atoms with van der Waals surface area (Å²) in [5.74, 6) is -0.596. The first-order valence-corrected chi connectivity index (χ1v) is 9.56. The second-order valence-corrected chi connectivity index (χ2v) is 7.35. The summed E-state index contributed by atoms with van der Waals surface area (Å²) in [4.78, 5) is 28.7. The van der Waals surface area contributed by atoms with Crippen LogP contribution in [0.1, 0.15) is 34.7 Å². The molecule has 0 spiro atoms. The number of carbonyl (C=O) groups excluding carboxylic acids is 2. The minimum Gasteiger partial charge on any atom is -0.323 e. The number of benzene rings is 1. The summed E-state index contributed by atoms with van der Waals surface area (Å²) in [5, 5.41) is 10.4. The SMILES string of the molecule is Cc1cc(C)n(C(C)C(=O)Nc2ccc(NC(=O)c3ccnc(Cl)c3)cc2Cl)n1. The minimum absolute atomic E-state index is 0.227. The number of aryl methyl sites for hydroxylation is 2. The zero-order chi connectivity index (χ0) is 21.1. The molecule has 0 saturated heterocycles. The molecule has 29 heavy (non-hydrogen) atoms. The van der Waals surface area contributed by atoms with Crippen LogP contribution in [0.15, 0.2) is 42.6 Å². The van der Waals surface area contributed by atoms with Gasteiger partial charge in [0.1, 0.15) is 11.2 Å². The van der Waals surface area contributed by atoms with E-state index in [1.54, 1.807) is 35.9 Å². The monoisotopic (exact) mass is 431 g/mol. The van der Waals surface area contributed by atoms with Crippen molar-refractivity contribution in [3.63, 3.8) is 0 Å². The van der Waals surface area contributed by atoms with E-state index in [0.29, 0.717) is 22.0 Å². The molecule has 9 heteroatoms. The van der Waals surface area contributed by atoms with E-state index in [0.717, 1.165) is 11.4 Å². The van der Waals surface area contributed by atoms with E-state index in [2.05, 4.69) is 20.7 Å². The maximum Gasteiger partial charge on any atom is 0.255 e. The van der Waals surface area contributed by atoms with E-state index < -0.39 is 6.04 Å². The van der Waals surface area contributed by atoms with Gasteiger partial charge in [0.15, 0.2) is 0 Å². The Balaban J connectivity index is 1.70. The second-order valence-electron chi connectivity index (χ2n) is 6.55. The third-order valence-electron chi connectivity index (χ3n) is 4.26. The number of hydrogen-bond donors (Lipinski definition) is 2. The average molecular weight is 432 g/mol. The van der Waals surface area contributed by atoms with Gasteiger partial charge in [-0.3, -0.25) is 14.3 Å². The molecule has 3 rings (SSSR count). The molecule has 150 valence electrons. The second kappa shape index (κ2) is 8.63. The predicted molar refractivity (Wildman–Crippen MR) is 114 cm³/mol. The molecule has 1 atom stereocenters. The summed E-state index contributed by atoms with van der Waals surface area (Å²) in [6, 6.07) is 9.26. The van der Waals surface area contributed by atoms with Gasteiger partial charge in [-0.25, -0.2) is 4.98 Å². The van der Waals surface area contributed by atoms with Crippen molar-refractivity contribution in [3.8, 4) is 0 Å². The molecule has 2 N–H and O–H groups in total. The molecule has 2 aromatic heterocycles. The molecule has 2 amide bonds. The van der Waals surface area contributed by atoms with E-state index in [1.807, 2.05) is 19.9 Å². The van der Waals surface area contributed by atoms with Crippen molar-refractivity contribution in [1.82, 2.24) is 14.8 Å². The van der Waals surface area contributed by atoms with Gasteiger partial charge in [-0.15, -0.1) is 0 Å². The van der Waals surface area contributed by atoms with Crippen molar-refractivity contribution in [2.24, 2.45) is 0 Å². The van der Waals surface area contributed by atoms with Gasteiger partial charge in [0, 0.05) is 23.1 Å². The average Bonchev–Trinajstić information content (AvgIpc) is 3.01. The lowest BCUT2D eigenvalue weighted by Gasteiger charge is -2.16. The van der Waals surface area contributed by atoms with Crippen molar-refractivity contribution < 1.29 is 9.59 Å². The van der Waals surface area contributed by atoms with Crippen molar-refractivity contribution in [3.05, 3.63) is 69.7 Å². The number of anilines is 2. The van der Waals surface area contributed by atoms with Crippen LogP contribution >= 0.6 is 23.2 Å². The number of rotatable bonds is 5. The van der Waals surface area contributed by atoms with E-state index in [9.17, 15) is 9.59 Å². The highest BCUT2D eigenvalue weighted by Crippen LogP contribution is 2.27. The van der Waals surface area contributed by atoms with Gasteiger partial charge >= 0.3 is 0 Å². The molecule has 1 aromatic carbocycles. The Morgan fingerprint density at radius 1 is 1.07 bits per heavy atom. The van der Waals surface area contributed by atoms with Crippen LogP contribution in [-0.4, -0.2) is 26.6 Å². The molecule has 0 bridgehead atoms. The largest absolute Gasteiger partial charge is 0.323 e. The van der Waals surface area contributed by atoms with Crippen LogP contribution in [0.5, 0.6) is 0 Å². The highest BCUT2D eigenvalue weighted by molar-refractivity contribution is 6.34. The molecule has 0 aliphatic rings. The molecule has 0 fully saturated rings. The molecule has 0 radical (unpaired) electrons. The number of aromatic nitrogens is 3. The van der Waals surface area contributed by atoms with Crippen LogP contribution in [0.25, 0.3) is 0 Å². The lowest BCUT2D eigenvalue weighted by atomic mass is 10.2. The van der Waals surface area contributed by atoms with Gasteiger partial charge in [0.2, 0.25) is 5.91 Å². The molecule has 2 heterocycles. The number of nitrogens with zero attached hydrogens (tertiary/aromatic N) is 3. The number of carbonyl (C=O) groups is 2. The van der Waals surface area contributed by atoms with E-state index in [4.69, 9.17) is 23.2 Å². The van der Waals surface area contributed by atoms with Crippen molar-refractivity contribution in [2.45, 2.75) is 26.8 Å². The summed E-state index contributed by atoms with van der Waals surface area (Å²) >= 11 is 12.1. The number of nitrogens with one attached hydrogen (secondary N) is 2. The van der Waals surface area contributed by atoms with Gasteiger partial charge in [0.25, 0.3) is 5.91 Å². The van der Waals surface area contributed by atoms with Gasteiger partial charge in [0.05, 0.1) is 16.4 Å². The third-order valence-corrected chi connectivity index (χ3v) is 4.78. The Morgan fingerprint density at radius 3 is 2.45 bits per heavy atom. The van der Waals surface area contributed by atoms with E-state index in [-0.39, 0.29) is 17.0 Å². The first kappa shape index (κ1) is 20.8. The van der Waals surface area contributed by atoms with Crippen LogP contribution in [0.2, 0.25) is 10.2 Å². The van der Waals surface area contributed by atoms with Crippen LogP contribution < -0.4 is 10.6 Å². The lowest BCUT2D eigenvalue weighted by molar-refractivity contribution is -0.119. The first-order chi connectivity index (χ1) is 13.7. The van der Waals surface area contributed by atoms with Gasteiger partial charge < -0.3 is 10.6 Å². The fourth-order valence-electron chi connectivity index (χ4n) is 2.83. The van der Waals surface area contributed by atoms with Gasteiger partial charge in [-0.05, 0) is 57.2 Å². The zero-order valence-corrected chi connectivity index (χ0v) is 17.5. The topological polar surface area (TPSA) is 88.9 Å². The highest BCUT2D eigenvalue weighted by atomic mass is 35.5. The Labute approximate surface area is 178 Å². The third kappa shape index (κ3) is 4.93. The van der Waals surface area contributed by atoms with Crippen LogP contribution in [-0.2, 0) is 4.79 Å². The molecule has 3 aromatic rings. The minimum atomic E-state index is -0.504. The zero-order valence-electron chi connectivity index (χ0n) is 16.0. The Morgan fingerprint density at radius 2 is 1.83 bits per heavy atom. The molecule has 7 nitrogen and oxygen atoms in total. The molecule has 0 aliphatic heterocycles. The van der Waals surface area contributed by atoms with E-state index in [1.165, 1.54) is 12.3 Å². The smallest absolute Gasteiger partial charge is 0.255 e. The summed E-state index contributed by atoms with van der Waals surface area (Å²) in [7, 11) is 0. The highest BCUT2D eigenvalue weighted by Gasteiger charge is 2.19. The predicted octanol–water partition coefficient (Wildman–Crippen LogP) is 4.65. The fourth-order valence-corrected chi connectivity index (χ4v) is 3.23. The quantitative estimate of drug-likeness (QED) is 0.575. The summed E-state index contributed by atoms with van der Waals surface area (Å²) < 4.78 is 1.66. The summed E-state index contributed by atoms with van der Waals surface area (Å²) in [6.07, 6.45) is 1.45. The van der Waals surface area contributed by atoms with Crippen LogP contribution in [0.4, 0.5) is 11.4 Å². The van der Waals surface area contributed by atoms with Gasteiger partial charge in [-0.2, -0.15) is 5.10 Å². The normalized spacial score (nSPS) is 11.8. The van der Waals surface area contributed by atoms with Gasteiger partial charge in [-0.1, -0.05) is 23.2 Å². The maximum atomic E-state index is 12.6. The van der Waals surface area contributed by atoms with Crippen molar-refractivity contribution >= 4 is 46.4 Å². The molecule has 0 saturated carbocycles. The first-order valence-electron chi connectivity index (χ1n) is 8.80. The summed E-state index contributed by atoms with van der Waals surface area (Å²) in [6.45, 7) is 5.53. The Hall–Kier alpha value is -2.90. The molecule has 0 aliphatic carbocycles. The molecule has 1 unspecified atom stereocenters. The number of pyridine rings is 1. The number of halogens is 2. The van der Waals surface area contributed by atoms with Crippen molar-refractivity contribution in [1.29, 1.82) is 0 Å². The summed E-state index contributed by atoms with van der Waals surface area (Å²) in [5.41, 5.74) is 3.03. The molecular weight excluding hydrogens is 413 g/mol. The van der Waals surface area contributed by atoms with Crippen LogP contribution in [0, 0.1) is 13.8 Å². The lowest BCUT2D eigenvalue weighted by Crippen LogP contribution is -2.25. The Kier molecular flexibility index (Phi) is 6.20. The number of hydrogen-bond acceptors (Lipinski definition) is 4. The fraction of sp³-hybridized carbons (Fsp3) is 0.200. The standard InChI is InChI=1S/C20H19Cl2N5O2/c1-11-8-12(2)27(26-11)13(3)19(28)25-17-5-4-15(10-16(17)21)24-20(29)14-6-7-23-18(22)9-14/h4-10,13H,1-3H3,(H,24,29)(H,25,28). The maximum absolute atomic E-state index is 12.6. The molecular formula is C20H19Cl2N5O2. The van der Waals surface area contributed by atoms with Crippen molar-refractivity contribution in [2.75, 3.05) is 10.6 Å². The van der Waals surface area contributed by atoms with E-state index >= 15 is 0 Å². The van der Waals surface area contributed by atoms with Crippen LogP contribution in [0.3, 0.4) is 0 Å². The number of amides is 2. The Bertz CT molecular complexity index is 1080.